The Hall–Kier alpha value is -2.04. The van der Waals surface area contributed by atoms with Crippen molar-refractivity contribution < 1.29 is 9.59 Å². The highest BCUT2D eigenvalue weighted by Crippen LogP contribution is 2.30. The van der Waals surface area contributed by atoms with Gasteiger partial charge in [0.05, 0.1) is 6.54 Å². The first-order chi connectivity index (χ1) is 12.0. The molecule has 3 rings (SSSR count). The molecule has 1 saturated heterocycles. The number of benzene rings is 1. The molecule has 0 atom stereocenters. The third-order valence-electron chi connectivity index (χ3n) is 5.37. The van der Waals surface area contributed by atoms with Crippen LogP contribution in [0, 0.1) is 0 Å². The number of hydrogen-bond acceptors (Lipinski definition) is 2. The maximum absolute atomic E-state index is 12.6. The molecule has 0 aliphatic carbocycles. The fourth-order valence-electron chi connectivity index (χ4n) is 3.99. The molecule has 1 aromatic rings. The summed E-state index contributed by atoms with van der Waals surface area (Å²) in [5, 5.41) is 2.84. The molecule has 1 N–H and O–H groups in total. The van der Waals surface area contributed by atoms with Crippen molar-refractivity contribution in [3.05, 3.63) is 35.4 Å². The topological polar surface area (TPSA) is 52.7 Å². The molecule has 1 fully saturated rings. The Bertz CT molecular complexity index is 636. The van der Waals surface area contributed by atoms with Crippen LogP contribution in [-0.4, -0.2) is 54.5 Å². The number of piperidine rings is 1. The Balaban J connectivity index is 1.59. The van der Waals surface area contributed by atoms with Crippen LogP contribution in [0.15, 0.2) is 24.3 Å². The zero-order valence-electron chi connectivity index (χ0n) is 15.4. The van der Waals surface area contributed by atoms with Crippen LogP contribution in [-0.2, 0) is 16.6 Å². The summed E-state index contributed by atoms with van der Waals surface area (Å²) in [4.78, 5) is 28.6. The molecule has 1 aromatic carbocycles. The Morgan fingerprint density at radius 2 is 1.76 bits per heavy atom. The maximum atomic E-state index is 12.6. The SMILES string of the molecule is CC1(C)CN(C(=O)NCC(=O)N2CCCCC2)CCc2ccccc21. The highest BCUT2D eigenvalue weighted by Gasteiger charge is 2.31. The zero-order valence-corrected chi connectivity index (χ0v) is 15.4. The number of likely N-dealkylation sites (tertiary alicyclic amines) is 1. The van der Waals surface area contributed by atoms with E-state index in [4.69, 9.17) is 0 Å². The van der Waals surface area contributed by atoms with E-state index in [0.717, 1.165) is 32.4 Å². The zero-order chi connectivity index (χ0) is 17.9. The van der Waals surface area contributed by atoms with E-state index in [-0.39, 0.29) is 23.9 Å². The lowest BCUT2D eigenvalue weighted by Gasteiger charge is -2.31. The van der Waals surface area contributed by atoms with Gasteiger partial charge in [0.2, 0.25) is 5.91 Å². The van der Waals surface area contributed by atoms with Crippen molar-refractivity contribution in [3.8, 4) is 0 Å². The van der Waals surface area contributed by atoms with Crippen molar-refractivity contribution >= 4 is 11.9 Å². The molecule has 5 heteroatoms. The molecule has 0 radical (unpaired) electrons. The van der Waals surface area contributed by atoms with E-state index in [1.807, 2.05) is 9.80 Å². The first-order valence-electron chi connectivity index (χ1n) is 9.36. The van der Waals surface area contributed by atoms with E-state index >= 15 is 0 Å². The van der Waals surface area contributed by atoms with Crippen molar-refractivity contribution in [2.75, 3.05) is 32.7 Å². The van der Waals surface area contributed by atoms with Crippen molar-refractivity contribution in [2.24, 2.45) is 0 Å². The number of carbonyl (C=O) groups is 2. The lowest BCUT2D eigenvalue weighted by Crippen LogP contribution is -2.49. The summed E-state index contributed by atoms with van der Waals surface area (Å²) in [5.74, 6) is 0.0328. The van der Waals surface area contributed by atoms with E-state index in [1.54, 1.807) is 0 Å². The highest BCUT2D eigenvalue weighted by molar-refractivity contribution is 5.84. The summed E-state index contributed by atoms with van der Waals surface area (Å²) in [6.07, 6.45) is 4.18. The summed E-state index contributed by atoms with van der Waals surface area (Å²) in [7, 11) is 0. The van der Waals surface area contributed by atoms with Gasteiger partial charge in [-0.05, 0) is 36.8 Å². The van der Waals surface area contributed by atoms with Gasteiger partial charge in [-0.1, -0.05) is 38.1 Å². The molecular formula is C20H29N3O2. The van der Waals surface area contributed by atoms with Crippen molar-refractivity contribution in [1.29, 1.82) is 0 Å². The van der Waals surface area contributed by atoms with E-state index in [0.29, 0.717) is 13.1 Å². The van der Waals surface area contributed by atoms with Crippen LogP contribution in [0.25, 0.3) is 0 Å². The Labute approximate surface area is 150 Å². The third kappa shape index (κ3) is 4.14. The molecule has 2 aliphatic heterocycles. The number of fused-ring (bicyclic) bond motifs is 1. The average molecular weight is 343 g/mol. The minimum Gasteiger partial charge on any atom is -0.341 e. The van der Waals surface area contributed by atoms with Gasteiger partial charge in [-0.15, -0.1) is 0 Å². The predicted molar refractivity (Wildman–Crippen MR) is 98.6 cm³/mol. The van der Waals surface area contributed by atoms with E-state index in [2.05, 4.69) is 43.4 Å². The fraction of sp³-hybridized carbons (Fsp3) is 0.600. The molecule has 0 bridgehead atoms. The van der Waals surface area contributed by atoms with Crippen LogP contribution < -0.4 is 5.32 Å². The van der Waals surface area contributed by atoms with Crippen LogP contribution in [0.4, 0.5) is 4.79 Å². The molecule has 25 heavy (non-hydrogen) atoms. The number of hydrogen-bond donors (Lipinski definition) is 1. The third-order valence-corrected chi connectivity index (χ3v) is 5.37. The molecule has 0 saturated carbocycles. The normalized spacial score (nSPS) is 19.8. The fourth-order valence-corrected chi connectivity index (χ4v) is 3.99. The van der Waals surface area contributed by atoms with Gasteiger partial charge in [0.25, 0.3) is 0 Å². The maximum Gasteiger partial charge on any atom is 0.317 e. The minimum absolute atomic E-state index is 0.0328. The largest absolute Gasteiger partial charge is 0.341 e. The monoisotopic (exact) mass is 343 g/mol. The number of rotatable bonds is 2. The summed E-state index contributed by atoms with van der Waals surface area (Å²) < 4.78 is 0. The minimum atomic E-state index is -0.133. The number of nitrogens with one attached hydrogen (secondary N) is 1. The molecule has 136 valence electrons. The van der Waals surface area contributed by atoms with Gasteiger partial charge in [0, 0.05) is 31.6 Å². The molecule has 0 aromatic heterocycles. The number of urea groups is 1. The van der Waals surface area contributed by atoms with Crippen molar-refractivity contribution in [2.45, 2.75) is 44.9 Å². The molecule has 2 aliphatic rings. The second-order valence-electron chi connectivity index (χ2n) is 7.81. The lowest BCUT2D eigenvalue weighted by molar-refractivity contribution is -0.130. The van der Waals surface area contributed by atoms with Gasteiger partial charge in [-0.2, -0.15) is 0 Å². The standard InChI is InChI=1S/C20H29N3O2/c1-20(2)15-23(13-10-16-8-4-5-9-17(16)20)19(25)21-14-18(24)22-11-6-3-7-12-22/h4-5,8-9H,3,6-7,10-15H2,1-2H3,(H,21,25). The number of amides is 3. The first kappa shape index (κ1) is 17.8. The van der Waals surface area contributed by atoms with Gasteiger partial charge < -0.3 is 15.1 Å². The van der Waals surface area contributed by atoms with Crippen LogP contribution >= 0.6 is 0 Å². The molecule has 3 amide bonds. The van der Waals surface area contributed by atoms with Gasteiger partial charge in [-0.3, -0.25) is 4.79 Å². The Morgan fingerprint density at radius 1 is 1.04 bits per heavy atom. The van der Waals surface area contributed by atoms with Crippen LogP contribution in [0.2, 0.25) is 0 Å². The van der Waals surface area contributed by atoms with E-state index in [1.165, 1.54) is 17.5 Å². The van der Waals surface area contributed by atoms with E-state index in [9.17, 15) is 9.59 Å². The van der Waals surface area contributed by atoms with Crippen LogP contribution in [0.1, 0.15) is 44.2 Å². The molecular weight excluding hydrogens is 314 g/mol. The second kappa shape index (κ2) is 7.46. The second-order valence-corrected chi connectivity index (χ2v) is 7.81. The van der Waals surface area contributed by atoms with E-state index < -0.39 is 0 Å². The van der Waals surface area contributed by atoms with Gasteiger partial charge in [0.15, 0.2) is 0 Å². The Kier molecular flexibility index (Phi) is 5.30. The predicted octanol–water partition coefficient (Wildman–Crippen LogP) is 2.54. The number of nitrogens with zero attached hydrogens (tertiary/aromatic N) is 2. The quantitative estimate of drug-likeness (QED) is 0.897. The first-order valence-corrected chi connectivity index (χ1v) is 9.36. The van der Waals surface area contributed by atoms with Crippen molar-refractivity contribution in [3.63, 3.8) is 0 Å². The molecule has 0 unspecified atom stereocenters. The Morgan fingerprint density at radius 3 is 2.52 bits per heavy atom. The average Bonchev–Trinajstić information content (AvgIpc) is 2.76. The van der Waals surface area contributed by atoms with Crippen molar-refractivity contribution in [1.82, 2.24) is 15.1 Å². The molecule has 5 nitrogen and oxygen atoms in total. The molecule has 0 spiro atoms. The summed E-state index contributed by atoms with van der Waals surface area (Å²) in [6, 6.07) is 8.30. The smallest absolute Gasteiger partial charge is 0.317 e. The number of carbonyl (C=O) groups excluding carboxylic acids is 2. The van der Waals surface area contributed by atoms with Gasteiger partial charge >= 0.3 is 6.03 Å². The highest BCUT2D eigenvalue weighted by atomic mass is 16.2. The molecule has 2 heterocycles. The van der Waals surface area contributed by atoms with Gasteiger partial charge in [-0.25, -0.2) is 4.79 Å². The lowest BCUT2D eigenvalue weighted by atomic mass is 9.82. The van der Waals surface area contributed by atoms with Crippen LogP contribution in [0.3, 0.4) is 0 Å². The summed E-state index contributed by atoms with van der Waals surface area (Å²) >= 11 is 0. The van der Waals surface area contributed by atoms with Crippen LogP contribution in [0.5, 0.6) is 0 Å². The summed E-state index contributed by atoms with van der Waals surface area (Å²) in [6.45, 7) is 7.44. The summed E-state index contributed by atoms with van der Waals surface area (Å²) in [5.41, 5.74) is 2.53. The van der Waals surface area contributed by atoms with Gasteiger partial charge in [0.1, 0.15) is 0 Å².